The maximum Gasteiger partial charge on any atom is 0.306 e. The van der Waals surface area contributed by atoms with Crippen LogP contribution in [-0.4, -0.2) is 70.0 Å². The molecule has 0 spiro atoms. The molecule has 0 aliphatic heterocycles. The number of allylic oxidation sites excluding steroid dienone is 30. The summed E-state index contributed by atoms with van der Waals surface area (Å²) in [4.78, 5) is 38.1. The quantitative estimate of drug-likeness (QED) is 0.0195. The van der Waals surface area contributed by atoms with Gasteiger partial charge in [-0.25, -0.2) is 0 Å². The van der Waals surface area contributed by atoms with Crippen molar-refractivity contribution in [1.29, 1.82) is 0 Å². The van der Waals surface area contributed by atoms with Crippen LogP contribution in [0.2, 0.25) is 0 Å². The van der Waals surface area contributed by atoms with E-state index in [9.17, 15) is 19.0 Å². The highest BCUT2D eigenvalue weighted by Gasteiger charge is 2.22. The predicted molar refractivity (Wildman–Crippen MR) is 424 cm³/mol. The number of phosphoric ester groups is 1. The first-order valence-electron chi connectivity index (χ1n) is 39.5. The fourth-order valence-corrected chi connectivity index (χ4v) is 11.2. The number of carbonyl (C=O) groups excluding carboxylic acids is 2. The molecule has 0 rings (SSSR count). The van der Waals surface area contributed by atoms with E-state index in [1.807, 2.05) is 21.1 Å². The molecule has 0 aromatic heterocycles. The van der Waals surface area contributed by atoms with Crippen molar-refractivity contribution in [3.05, 3.63) is 182 Å². The number of likely N-dealkylation sites (N-methyl/N-ethyl adjacent to an activating group) is 1. The monoisotopic (exact) mass is 1380 g/mol. The minimum absolute atomic E-state index is 0.0470. The van der Waals surface area contributed by atoms with Crippen molar-refractivity contribution >= 4 is 19.8 Å². The van der Waals surface area contributed by atoms with Crippen LogP contribution in [0.4, 0.5) is 0 Å². The van der Waals surface area contributed by atoms with Crippen molar-refractivity contribution < 1.29 is 42.1 Å². The average molecular weight is 1380 g/mol. The van der Waals surface area contributed by atoms with Gasteiger partial charge in [-0.3, -0.25) is 14.2 Å². The molecule has 10 heteroatoms. The fraction of sp³-hybridized carbons (Fsp3) is 0.636. The van der Waals surface area contributed by atoms with Gasteiger partial charge in [0, 0.05) is 12.8 Å². The Morgan fingerprint density at radius 3 is 0.837 bits per heavy atom. The molecule has 0 heterocycles. The second-order valence-electron chi connectivity index (χ2n) is 27.0. The van der Waals surface area contributed by atoms with Gasteiger partial charge in [0.15, 0.2) is 6.10 Å². The van der Waals surface area contributed by atoms with E-state index in [0.717, 1.165) is 128 Å². The summed E-state index contributed by atoms with van der Waals surface area (Å²) in [5.74, 6) is -0.886. The van der Waals surface area contributed by atoms with E-state index in [0.29, 0.717) is 17.4 Å². The second-order valence-corrected chi connectivity index (χ2v) is 28.4. The fourth-order valence-electron chi connectivity index (χ4n) is 10.5. The maximum atomic E-state index is 12.9. The third kappa shape index (κ3) is 80.1. The van der Waals surface area contributed by atoms with Gasteiger partial charge in [-0.05, 0) is 135 Å². The Hall–Kier alpha value is -4.89. The first-order valence-corrected chi connectivity index (χ1v) is 41.0. The molecule has 0 radical (unpaired) electrons. The van der Waals surface area contributed by atoms with Gasteiger partial charge in [0.1, 0.15) is 19.8 Å². The topological polar surface area (TPSA) is 111 Å². The van der Waals surface area contributed by atoms with Gasteiger partial charge in [-0.2, -0.15) is 0 Å². The molecule has 0 saturated carbocycles. The number of rotatable bonds is 71. The van der Waals surface area contributed by atoms with E-state index in [4.69, 9.17) is 18.5 Å². The SMILES string of the molecule is CC/C=C\C/C=C\C/C=C\C/C=C\C/C=C\C/C=C\C/C=C\C/C=C\C/C=C\C/C=C\CCCCC(=O)OC(COC(=O)CCCCCCCCCCCCCCCCCCCCCCCCCCC/C=C\C/C=C\C/C=C\C/C=C\C/C=C\CC)COP(=O)([O-])OCC[N+](C)(C)C. The molecule has 0 amide bonds. The zero-order chi connectivity index (χ0) is 71.1. The van der Waals surface area contributed by atoms with E-state index < -0.39 is 32.5 Å². The zero-order valence-corrected chi connectivity index (χ0v) is 64.3. The molecule has 0 aromatic rings. The highest BCUT2D eigenvalue weighted by molar-refractivity contribution is 7.45. The summed E-state index contributed by atoms with van der Waals surface area (Å²) in [7, 11) is 1.12. The van der Waals surface area contributed by atoms with Gasteiger partial charge in [0.25, 0.3) is 7.82 Å². The van der Waals surface area contributed by atoms with Crippen LogP contribution in [0.1, 0.15) is 309 Å². The van der Waals surface area contributed by atoms with E-state index in [-0.39, 0.29) is 26.1 Å². The van der Waals surface area contributed by atoms with Crippen LogP contribution in [0.15, 0.2) is 182 Å². The Morgan fingerprint density at radius 1 is 0.316 bits per heavy atom. The third-order valence-corrected chi connectivity index (χ3v) is 17.4. The van der Waals surface area contributed by atoms with Crippen molar-refractivity contribution in [2.45, 2.75) is 315 Å². The molecule has 0 aromatic carbocycles. The maximum absolute atomic E-state index is 12.9. The van der Waals surface area contributed by atoms with Crippen molar-refractivity contribution in [1.82, 2.24) is 0 Å². The number of phosphoric acid groups is 1. The number of unbranched alkanes of at least 4 members (excludes halogenated alkanes) is 27. The lowest BCUT2D eigenvalue weighted by Crippen LogP contribution is -2.37. The number of carbonyl (C=O) groups is 2. The zero-order valence-electron chi connectivity index (χ0n) is 63.4. The molecule has 9 nitrogen and oxygen atoms in total. The molecule has 98 heavy (non-hydrogen) atoms. The Labute approximate surface area is 603 Å². The van der Waals surface area contributed by atoms with Crippen LogP contribution in [0, 0.1) is 0 Å². The number of hydrogen-bond acceptors (Lipinski definition) is 8. The first kappa shape index (κ1) is 93.1. The molecular weight excluding hydrogens is 1230 g/mol. The summed E-state index contributed by atoms with van der Waals surface area (Å²) in [5.41, 5.74) is 0. The largest absolute Gasteiger partial charge is 0.756 e. The molecule has 2 atom stereocenters. The molecule has 0 N–H and O–H groups in total. The molecule has 0 aliphatic rings. The minimum atomic E-state index is -4.67. The number of nitrogens with zero attached hydrogens (tertiary/aromatic N) is 1. The summed E-state index contributed by atoms with van der Waals surface area (Å²) < 4.78 is 34.3. The van der Waals surface area contributed by atoms with Crippen LogP contribution in [0.25, 0.3) is 0 Å². The summed E-state index contributed by atoms with van der Waals surface area (Å²) in [6.07, 6.45) is 117. The lowest BCUT2D eigenvalue weighted by atomic mass is 10.0. The molecular formula is C88H146NO8P. The molecule has 0 aliphatic carbocycles. The molecule has 2 unspecified atom stereocenters. The number of esters is 2. The van der Waals surface area contributed by atoms with Crippen LogP contribution in [0.5, 0.6) is 0 Å². The molecule has 556 valence electrons. The lowest BCUT2D eigenvalue weighted by Gasteiger charge is -2.28. The first-order chi connectivity index (χ1) is 48.0. The Kier molecular flexibility index (Phi) is 72.5. The summed E-state index contributed by atoms with van der Waals surface area (Å²) in [6.45, 7) is 3.97. The minimum Gasteiger partial charge on any atom is -0.756 e. The van der Waals surface area contributed by atoms with Crippen LogP contribution in [-0.2, 0) is 32.7 Å². The van der Waals surface area contributed by atoms with Crippen molar-refractivity contribution in [2.24, 2.45) is 0 Å². The third-order valence-electron chi connectivity index (χ3n) is 16.4. The van der Waals surface area contributed by atoms with Gasteiger partial charge in [-0.15, -0.1) is 0 Å². The molecule has 0 bridgehead atoms. The van der Waals surface area contributed by atoms with Crippen molar-refractivity contribution in [2.75, 3.05) is 47.5 Å². The van der Waals surface area contributed by atoms with E-state index in [1.54, 1.807) is 0 Å². The lowest BCUT2D eigenvalue weighted by molar-refractivity contribution is -0.870. The van der Waals surface area contributed by atoms with Gasteiger partial charge in [0.2, 0.25) is 0 Å². The van der Waals surface area contributed by atoms with Gasteiger partial charge < -0.3 is 27.9 Å². The number of ether oxygens (including phenoxy) is 2. The van der Waals surface area contributed by atoms with Crippen molar-refractivity contribution in [3.8, 4) is 0 Å². The average Bonchev–Trinajstić information content (AvgIpc) is 1.08. The summed E-state index contributed by atoms with van der Waals surface area (Å²) >= 11 is 0. The Morgan fingerprint density at radius 2 is 0.551 bits per heavy atom. The molecule has 0 fully saturated rings. The number of quaternary nitrogens is 1. The van der Waals surface area contributed by atoms with E-state index in [1.165, 1.54) is 148 Å². The van der Waals surface area contributed by atoms with Crippen LogP contribution in [0.3, 0.4) is 0 Å². The Bertz CT molecular complexity index is 2320. The standard InChI is InChI=1S/C88H146NO8P/c1-6-8-10-12-14-16-18-20-22-24-26-28-30-32-34-36-38-40-41-42-43-44-45-46-47-49-50-52-54-56-58-60-62-64-66-68-70-72-74-76-78-80-87(90)94-84-86(85-96-98(92,93)95-83-82-89(3,4)5)97-88(91)81-79-77-75-73-71-69-67-65-63-61-59-57-55-53-51-48-39-37-35-33-31-29-27-25-23-21-19-17-15-13-11-9-7-2/h8-11,14-17,20-23,26-29,32-35,39,48,53,55,59,61,65,67,71,73,86H,6-7,12-13,18-19,24-25,30-31,36-38,40-47,49-52,54,56-58,60,62-64,66,68-70,72,74-85H2,1-5H3/b10-8-,11-9-,16-14-,17-15-,22-20-,23-21-,28-26-,29-27-,34-32-,35-33-,48-39-,55-53-,61-59-,67-65-,73-71-. The second kappa shape index (κ2) is 76.3. The van der Waals surface area contributed by atoms with E-state index in [2.05, 4.69) is 196 Å². The van der Waals surface area contributed by atoms with Crippen LogP contribution >= 0.6 is 7.82 Å². The molecule has 0 saturated heterocycles. The van der Waals surface area contributed by atoms with E-state index >= 15 is 0 Å². The van der Waals surface area contributed by atoms with Gasteiger partial charge in [0.05, 0.1) is 27.7 Å². The predicted octanol–water partition coefficient (Wildman–Crippen LogP) is 26.0. The highest BCUT2D eigenvalue weighted by atomic mass is 31.2. The normalized spacial score (nSPS) is 14.1. The highest BCUT2D eigenvalue weighted by Crippen LogP contribution is 2.38. The van der Waals surface area contributed by atoms with Crippen molar-refractivity contribution in [3.63, 3.8) is 0 Å². The van der Waals surface area contributed by atoms with Gasteiger partial charge >= 0.3 is 11.9 Å². The summed E-state index contributed by atoms with van der Waals surface area (Å²) in [5, 5.41) is 0. The smallest absolute Gasteiger partial charge is 0.306 e. The van der Waals surface area contributed by atoms with Crippen LogP contribution < -0.4 is 4.89 Å². The summed E-state index contributed by atoms with van der Waals surface area (Å²) in [6, 6.07) is 0. The number of hydrogen-bond donors (Lipinski definition) is 0. The Balaban J connectivity index is 4.05. The van der Waals surface area contributed by atoms with Gasteiger partial charge in [-0.1, -0.05) is 344 Å².